The molecule has 0 aromatic heterocycles. The van der Waals surface area contributed by atoms with Gasteiger partial charge in [0.05, 0.1) is 23.6 Å². The minimum atomic E-state index is -3.88. The van der Waals surface area contributed by atoms with Gasteiger partial charge < -0.3 is 4.74 Å². The zero-order valence-corrected chi connectivity index (χ0v) is 15.7. The molecule has 0 amide bonds. The van der Waals surface area contributed by atoms with Crippen molar-refractivity contribution in [1.82, 2.24) is 4.31 Å². The van der Waals surface area contributed by atoms with Crippen LogP contribution in [0, 0.1) is 5.92 Å². The highest BCUT2D eigenvalue weighted by Gasteiger charge is 2.33. The fourth-order valence-corrected chi connectivity index (χ4v) is 4.59. The quantitative estimate of drug-likeness (QED) is 0.739. The average molecular weight is 361 g/mol. The lowest BCUT2D eigenvalue weighted by Crippen LogP contribution is -2.35. The summed E-state index contributed by atoms with van der Waals surface area (Å²) >= 11 is 0. The van der Waals surface area contributed by atoms with Gasteiger partial charge in [0.15, 0.2) is 0 Å². The molecule has 0 N–H and O–H groups in total. The Labute approximate surface area is 149 Å². The Hall–Kier alpha value is -2.18. The van der Waals surface area contributed by atoms with Crippen molar-refractivity contribution in [3.05, 3.63) is 65.7 Å². The molecular formula is C19H23NO4S. The van der Waals surface area contributed by atoms with Gasteiger partial charge in [0.2, 0.25) is 10.0 Å². The van der Waals surface area contributed by atoms with Gasteiger partial charge in [-0.05, 0) is 23.6 Å². The van der Waals surface area contributed by atoms with Crippen molar-refractivity contribution in [2.75, 3.05) is 14.2 Å². The first-order chi connectivity index (χ1) is 11.8. The third-order valence-corrected chi connectivity index (χ3v) is 6.01. The van der Waals surface area contributed by atoms with Crippen LogP contribution in [0.25, 0.3) is 0 Å². The molecule has 0 aliphatic heterocycles. The van der Waals surface area contributed by atoms with Crippen LogP contribution in [0.15, 0.2) is 59.5 Å². The number of hydrogen-bond donors (Lipinski definition) is 0. The predicted molar refractivity (Wildman–Crippen MR) is 96.8 cm³/mol. The smallest absolute Gasteiger partial charge is 0.339 e. The van der Waals surface area contributed by atoms with Crippen molar-refractivity contribution in [3.63, 3.8) is 0 Å². The van der Waals surface area contributed by atoms with Crippen molar-refractivity contribution in [3.8, 4) is 0 Å². The summed E-state index contributed by atoms with van der Waals surface area (Å²) in [6.07, 6.45) is 0. The summed E-state index contributed by atoms with van der Waals surface area (Å²) in [6.45, 7) is 3.94. The molecule has 2 aromatic carbocycles. The van der Waals surface area contributed by atoms with Gasteiger partial charge in [-0.25, -0.2) is 13.2 Å². The SMILES string of the molecule is COC(=O)c1ccccc1S(=O)(=O)N(C)C(c1ccccc1)C(C)C. The van der Waals surface area contributed by atoms with Crippen LogP contribution in [0.4, 0.5) is 0 Å². The normalized spacial score (nSPS) is 13.0. The molecule has 0 radical (unpaired) electrons. The van der Waals surface area contributed by atoms with E-state index in [0.717, 1.165) is 5.56 Å². The van der Waals surface area contributed by atoms with Gasteiger partial charge in [0.25, 0.3) is 0 Å². The number of hydrogen-bond acceptors (Lipinski definition) is 4. The highest BCUT2D eigenvalue weighted by atomic mass is 32.2. The van der Waals surface area contributed by atoms with Crippen molar-refractivity contribution in [1.29, 1.82) is 0 Å². The highest BCUT2D eigenvalue weighted by Crippen LogP contribution is 2.33. The molecule has 0 aliphatic rings. The summed E-state index contributed by atoms with van der Waals surface area (Å²) in [4.78, 5) is 11.9. The molecule has 1 atom stereocenters. The summed E-state index contributed by atoms with van der Waals surface area (Å²) in [6, 6.07) is 15.2. The van der Waals surface area contributed by atoms with Crippen molar-refractivity contribution in [2.24, 2.45) is 5.92 Å². The van der Waals surface area contributed by atoms with E-state index in [4.69, 9.17) is 4.74 Å². The molecule has 0 saturated heterocycles. The first-order valence-corrected chi connectivity index (χ1v) is 9.45. The van der Waals surface area contributed by atoms with E-state index in [0.29, 0.717) is 0 Å². The van der Waals surface area contributed by atoms with Gasteiger partial charge in [0.1, 0.15) is 0 Å². The Kier molecular flexibility index (Phi) is 5.98. The number of carbonyl (C=O) groups excluding carboxylic acids is 1. The topological polar surface area (TPSA) is 63.7 Å². The number of esters is 1. The Balaban J connectivity index is 2.54. The molecule has 6 heteroatoms. The Morgan fingerprint density at radius 2 is 1.56 bits per heavy atom. The maximum atomic E-state index is 13.2. The van der Waals surface area contributed by atoms with Crippen LogP contribution in [-0.2, 0) is 14.8 Å². The zero-order valence-electron chi connectivity index (χ0n) is 14.8. The van der Waals surface area contributed by atoms with Crippen LogP contribution in [0.5, 0.6) is 0 Å². The fourth-order valence-electron chi connectivity index (χ4n) is 2.94. The van der Waals surface area contributed by atoms with Crippen molar-refractivity contribution in [2.45, 2.75) is 24.8 Å². The molecule has 1 unspecified atom stereocenters. The number of ether oxygens (including phenoxy) is 1. The summed E-state index contributed by atoms with van der Waals surface area (Å²) in [5.41, 5.74) is 0.937. The monoisotopic (exact) mass is 361 g/mol. The number of benzene rings is 2. The summed E-state index contributed by atoms with van der Waals surface area (Å²) in [7, 11) is -1.11. The molecule has 2 rings (SSSR count). The maximum absolute atomic E-state index is 13.2. The van der Waals surface area contributed by atoms with Crippen LogP contribution in [0.2, 0.25) is 0 Å². The van der Waals surface area contributed by atoms with Crippen molar-refractivity contribution < 1.29 is 17.9 Å². The molecule has 0 aliphatic carbocycles. The standard InChI is InChI=1S/C19H23NO4S/c1-14(2)18(15-10-6-5-7-11-15)20(3)25(22,23)17-13-9-8-12-16(17)19(21)24-4/h5-14,18H,1-4H3. The number of methoxy groups -OCH3 is 1. The zero-order chi connectivity index (χ0) is 18.6. The summed E-state index contributed by atoms with van der Waals surface area (Å²) in [5.74, 6) is -0.624. The van der Waals surface area contributed by atoms with Gasteiger partial charge in [-0.15, -0.1) is 0 Å². The van der Waals surface area contributed by atoms with Crippen LogP contribution in [-0.4, -0.2) is 32.8 Å². The van der Waals surface area contributed by atoms with E-state index in [1.807, 2.05) is 44.2 Å². The molecule has 0 heterocycles. The lowest BCUT2D eigenvalue weighted by Gasteiger charge is -2.31. The number of nitrogens with zero attached hydrogens (tertiary/aromatic N) is 1. The highest BCUT2D eigenvalue weighted by molar-refractivity contribution is 7.89. The third kappa shape index (κ3) is 3.91. The fraction of sp³-hybridized carbons (Fsp3) is 0.316. The van der Waals surface area contributed by atoms with E-state index in [1.54, 1.807) is 19.2 Å². The minimum absolute atomic E-state index is 0.0346. The van der Waals surface area contributed by atoms with Crippen LogP contribution >= 0.6 is 0 Å². The minimum Gasteiger partial charge on any atom is -0.465 e. The van der Waals surface area contributed by atoms with E-state index in [1.165, 1.54) is 23.5 Å². The van der Waals surface area contributed by atoms with Crippen molar-refractivity contribution >= 4 is 16.0 Å². The van der Waals surface area contributed by atoms with E-state index in [9.17, 15) is 13.2 Å². The van der Waals surface area contributed by atoms with Crippen LogP contribution < -0.4 is 0 Å². The molecular weight excluding hydrogens is 338 g/mol. The van der Waals surface area contributed by atoms with E-state index >= 15 is 0 Å². The van der Waals surface area contributed by atoms with Gasteiger partial charge >= 0.3 is 5.97 Å². The van der Waals surface area contributed by atoms with Gasteiger partial charge in [-0.3, -0.25) is 0 Å². The summed E-state index contributed by atoms with van der Waals surface area (Å²) < 4.78 is 32.5. The Morgan fingerprint density at radius 1 is 1.00 bits per heavy atom. The van der Waals surface area contributed by atoms with Gasteiger partial charge in [-0.2, -0.15) is 4.31 Å². The second-order valence-corrected chi connectivity index (χ2v) is 8.07. The Bertz CT molecular complexity index is 832. The largest absolute Gasteiger partial charge is 0.465 e. The molecule has 0 fully saturated rings. The van der Waals surface area contributed by atoms with Crippen LogP contribution in [0.3, 0.4) is 0 Å². The van der Waals surface area contributed by atoms with E-state index < -0.39 is 16.0 Å². The number of carbonyl (C=O) groups is 1. The first-order valence-electron chi connectivity index (χ1n) is 8.01. The van der Waals surface area contributed by atoms with E-state index in [2.05, 4.69) is 0 Å². The van der Waals surface area contributed by atoms with E-state index in [-0.39, 0.29) is 22.4 Å². The molecule has 0 bridgehead atoms. The lowest BCUT2D eigenvalue weighted by atomic mass is 9.96. The van der Waals surface area contributed by atoms with Gasteiger partial charge in [0, 0.05) is 7.05 Å². The third-order valence-electron chi connectivity index (χ3n) is 4.11. The molecule has 0 spiro atoms. The second-order valence-electron chi connectivity index (χ2n) is 6.11. The van der Waals surface area contributed by atoms with Gasteiger partial charge in [-0.1, -0.05) is 56.3 Å². The predicted octanol–water partition coefficient (Wildman–Crippen LogP) is 3.49. The second kappa shape index (κ2) is 7.80. The van der Waals surface area contributed by atoms with Crippen LogP contribution in [0.1, 0.15) is 35.8 Å². The Morgan fingerprint density at radius 3 is 2.12 bits per heavy atom. The number of rotatable bonds is 6. The maximum Gasteiger partial charge on any atom is 0.339 e. The molecule has 134 valence electrons. The molecule has 25 heavy (non-hydrogen) atoms. The molecule has 2 aromatic rings. The summed E-state index contributed by atoms with van der Waals surface area (Å²) in [5, 5.41) is 0. The lowest BCUT2D eigenvalue weighted by molar-refractivity contribution is 0.0596. The molecule has 0 saturated carbocycles. The molecule has 5 nitrogen and oxygen atoms in total. The average Bonchev–Trinajstić information content (AvgIpc) is 2.61. The first kappa shape index (κ1) is 19.1. The number of sulfonamides is 1.